The third-order valence-electron chi connectivity index (χ3n) is 4.72. The lowest BCUT2D eigenvalue weighted by Crippen LogP contribution is -2.41. The summed E-state index contributed by atoms with van der Waals surface area (Å²) in [5.41, 5.74) is 2.67. The Bertz CT molecular complexity index is 1030. The van der Waals surface area contributed by atoms with Crippen LogP contribution in [0.15, 0.2) is 60.2 Å². The lowest BCUT2D eigenvalue weighted by molar-refractivity contribution is -0.138. The fraction of sp³-hybridized carbons (Fsp3) is 0.250. The SMILES string of the molecule is CCOC(=O)C1=CC2c3cc(C)ccc3OS(=O)(=O)N2C1c1ccccc1. The van der Waals surface area contributed by atoms with E-state index in [1.54, 1.807) is 49.4 Å². The van der Waals surface area contributed by atoms with Gasteiger partial charge in [-0.25, -0.2) is 4.79 Å². The van der Waals surface area contributed by atoms with E-state index >= 15 is 0 Å². The van der Waals surface area contributed by atoms with Crippen molar-refractivity contribution in [1.82, 2.24) is 4.31 Å². The number of esters is 1. The van der Waals surface area contributed by atoms with Crippen molar-refractivity contribution < 1.29 is 22.1 Å². The number of aryl methyl sites for hydroxylation is 1. The van der Waals surface area contributed by atoms with Crippen molar-refractivity contribution >= 4 is 16.3 Å². The molecule has 0 fully saturated rings. The van der Waals surface area contributed by atoms with Gasteiger partial charge in [0, 0.05) is 5.56 Å². The standard InChI is InChI=1S/C20H19NO5S/c1-3-25-20(22)16-12-17-15-11-13(2)9-10-18(15)26-27(23,24)21(17)19(16)14-7-5-4-6-8-14/h4-12,17,19H,3H2,1-2H3. The molecular formula is C20H19NO5S. The molecule has 140 valence electrons. The van der Waals surface area contributed by atoms with Crippen LogP contribution in [0.25, 0.3) is 0 Å². The molecular weight excluding hydrogens is 366 g/mol. The Balaban J connectivity index is 1.92. The van der Waals surface area contributed by atoms with Gasteiger partial charge in [0.15, 0.2) is 0 Å². The number of hydrogen-bond donors (Lipinski definition) is 0. The van der Waals surface area contributed by atoms with Gasteiger partial charge >= 0.3 is 16.3 Å². The highest BCUT2D eigenvalue weighted by Gasteiger charge is 2.51. The highest BCUT2D eigenvalue weighted by molar-refractivity contribution is 7.84. The summed E-state index contributed by atoms with van der Waals surface area (Å²) in [6, 6.07) is 12.9. The molecule has 0 N–H and O–H groups in total. The average Bonchev–Trinajstić information content (AvgIpc) is 3.05. The van der Waals surface area contributed by atoms with Gasteiger partial charge < -0.3 is 8.92 Å². The van der Waals surface area contributed by atoms with Crippen molar-refractivity contribution in [2.75, 3.05) is 6.61 Å². The van der Waals surface area contributed by atoms with E-state index in [2.05, 4.69) is 0 Å². The summed E-state index contributed by atoms with van der Waals surface area (Å²) in [5.74, 6) is -0.236. The topological polar surface area (TPSA) is 72.9 Å². The maximum absolute atomic E-state index is 12.9. The Hall–Kier alpha value is -2.64. The molecule has 0 aromatic heterocycles. The van der Waals surface area contributed by atoms with Gasteiger partial charge in [-0.1, -0.05) is 48.0 Å². The number of nitrogens with zero attached hydrogens (tertiary/aromatic N) is 1. The lowest BCUT2D eigenvalue weighted by Gasteiger charge is -2.34. The number of carbonyl (C=O) groups is 1. The molecule has 4 rings (SSSR count). The molecule has 0 saturated carbocycles. The number of hydrogen-bond acceptors (Lipinski definition) is 5. The first-order valence-electron chi connectivity index (χ1n) is 8.69. The van der Waals surface area contributed by atoms with Gasteiger partial charge in [-0.05, 0) is 31.6 Å². The predicted octanol–water partition coefficient (Wildman–Crippen LogP) is 3.22. The lowest BCUT2D eigenvalue weighted by atomic mass is 10.0. The Morgan fingerprint density at radius 1 is 1.19 bits per heavy atom. The first kappa shape index (κ1) is 17.8. The molecule has 27 heavy (non-hydrogen) atoms. The molecule has 2 aliphatic rings. The van der Waals surface area contributed by atoms with Crippen molar-refractivity contribution in [3.8, 4) is 5.75 Å². The summed E-state index contributed by atoms with van der Waals surface area (Å²) in [6.45, 7) is 3.85. The minimum absolute atomic E-state index is 0.210. The zero-order valence-electron chi connectivity index (χ0n) is 15.0. The molecule has 2 unspecified atom stereocenters. The Morgan fingerprint density at radius 2 is 1.93 bits per heavy atom. The van der Waals surface area contributed by atoms with E-state index in [1.807, 2.05) is 19.1 Å². The van der Waals surface area contributed by atoms with Crippen molar-refractivity contribution in [2.24, 2.45) is 0 Å². The van der Waals surface area contributed by atoms with E-state index in [0.29, 0.717) is 16.7 Å². The number of ether oxygens (including phenoxy) is 1. The van der Waals surface area contributed by atoms with Crippen LogP contribution >= 0.6 is 0 Å². The fourth-order valence-electron chi connectivity index (χ4n) is 3.61. The first-order valence-corrected chi connectivity index (χ1v) is 10.1. The van der Waals surface area contributed by atoms with Crippen molar-refractivity contribution in [3.05, 3.63) is 76.9 Å². The van der Waals surface area contributed by atoms with E-state index in [-0.39, 0.29) is 12.4 Å². The van der Waals surface area contributed by atoms with Crippen LogP contribution in [0, 0.1) is 6.92 Å². The number of fused-ring (bicyclic) bond motifs is 3. The summed E-state index contributed by atoms with van der Waals surface area (Å²) < 4.78 is 37.7. The van der Waals surface area contributed by atoms with E-state index in [0.717, 1.165) is 5.56 Å². The Kier molecular flexibility index (Phi) is 4.28. The fourth-order valence-corrected chi connectivity index (χ4v) is 5.03. The van der Waals surface area contributed by atoms with Gasteiger partial charge in [0.1, 0.15) is 5.75 Å². The average molecular weight is 385 g/mol. The quantitative estimate of drug-likeness (QED) is 0.759. The first-order chi connectivity index (χ1) is 12.9. The monoisotopic (exact) mass is 385 g/mol. The van der Waals surface area contributed by atoms with Crippen LogP contribution < -0.4 is 4.18 Å². The van der Waals surface area contributed by atoms with Crippen LogP contribution in [-0.4, -0.2) is 25.3 Å². The molecule has 2 atom stereocenters. The van der Waals surface area contributed by atoms with Crippen LogP contribution in [-0.2, 0) is 19.8 Å². The summed E-state index contributed by atoms with van der Waals surface area (Å²) in [7, 11) is -4.09. The molecule has 6 nitrogen and oxygen atoms in total. The molecule has 2 aliphatic heterocycles. The van der Waals surface area contributed by atoms with E-state index < -0.39 is 28.4 Å². The predicted molar refractivity (Wildman–Crippen MR) is 99.2 cm³/mol. The number of benzene rings is 2. The number of rotatable bonds is 3. The van der Waals surface area contributed by atoms with Gasteiger partial charge in [-0.2, -0.15) is 8.42 Å². The van der Waals surface area contributed by atoms with E-state index in [9.17, 15) is 13.2 Å². The molecule has 0 radical (unpaired) electrons. The third kappa shape index (κ3) is 2.93. The Morgan fingerprint density at radius 3 is 2.63 bits per heavy atom. The van der Waals surface area contributed by atoms with Crippen molar-refractivity contribution in [1.29, 1.82) is 0 Å². The van der Waals surface area contributed by atoms with E-state index in [4.69, 9.17) is 8.92 Å². The summed E-state index contributed by atoms with van der Waals surface area (Å²) in [5, 5.41) is 0. The molecule has 0 saturated heterocycles. The van der Waals surface area contributed by atoms with Crippen LogP contribution in [0.5, 0.6) is 5.75 Å². The van der Waals surface area contributed by atoms with E-state index in [1.165, 1.54) is 4.31 Å². The molecule has 7 heteroatoms. The largest absolute Gasteiger partial charge is 0.463 e. The molecule has 2 heterocycles. The van der Waals surface area contributed by atoms with Crippen molar-refractivity contribution in [2.45, 2.75) is 25.9 Å². The van der Waals surface area contributed by atoms with Gasteiger partial charge in [-0.3, -0.25) is 0 Å². The van der Waals surface area contributed by atoms with Crippen LogP contribution in [0.2, 0.25) is 0 Å². The maximum Gasteiger partial charge on any atom is 0.386 e. The summed E-state index contributed by atoms with van der Waals surface area (Å²) in [6.07, 6.45) is 1.67. The van der Waals surface area contributed by atoms with Crippen molar-refractivity contribution in [3.63, 3.8) is 0 Å². The van der Waals surface area contributed by atoms with Gasteiger partial charge in [0.25, 0.3) is 0 Å². The van der Waals surface area contributed by atoms with Gasteiger partial charge in [-0.15, -0.1) is 4.31 Å². The number of carbonyl (C=O) groups excluding carboxylic acids is 1. The minimum Gasteiger partial charge on any atom is -0.463 e. The summed E-state index contributed by atoms with van der Waals surface area (Å²) >= 11 is 0. The second-order valence-electron chi connectivity index (χ2n) is 6.51. The second kappa shape index (κ2) is 6.51. The molecule has 2 aromatic rings. The Labute approximate surface area is 158 Å². The normalized spacial score (nSPS) is 23.0. The van der Waals surface area contributed by atoms with Crippen LogP contribution in [0.1, 0.15) is 35.7 Å². The van der Waals surface area contributed by atoms with Crippen LogP contribution in [0.4, 0.5) is 0 Å². The smallest absolute Gasteiger partial charge is 0.386 e. The third-order valence-corrected chi connectivity index (χ3v) is 6.07. The van der Waals surface area contributed by atoms with Gasteiger partial charge in [0.05, 0.1) is 24.3 Å². The molecule has 0 aliphatic carbocycles. The minimum atomic E-state index is -4.09. The molecule has 2 aromatic carbocycles. The molecule has 0 bridgehead atoms. The second-order valence-corrected chi connectivity index (χ2v) is 7.96. The van der Waals surface area contributed by atoms with Crippen LogP contribution in [0.3, 0.4) is 0 Å². The zero-order valence-corrected chi connectivity index (χ0v) is 15.8. The van der Waals surface area contributed by atoms with Gasteiger partial charge in [0.2, 0.25) is 0 Å². The molecule has 0 amide bonds. The highest BCUT2D eigenvalue weighted by atomic mass is 32.2. The highest BCUT2D eigenvalue weighted by Crippen LogP contribution is 2.50. The zero-order chi connectivity index (χ0) is 19.2. The summed E-state index contributed by atoms with van der Waals surface area (Å²) in [4.78, 5) is 12.6. The maximum atomic E-state index is 12.9. The molecule has 0 spiro atoms.